The first-order chi connectivity index (χ1) is 10.8. The van der Waals surface area contributed by atoms with E-state index >= 15 is 0 Å². The van der Waals surface area contributed by atoms with E-state index in [-0.39, 0.29) is 23.6 Å². The standard InChI is InChI=1S/C17H17NO5/c1-10(2)14-8-7-13(17(22)23)15(19)18(14)9-11-3-5-12(6-4-11)16(20)21/h3-8,10H,9H2,1-2H3,(H,20,21)(H,22,23). The fourth-order valence-electron chi connectivity index (χ4n) is 2.36. The first kappa shape index (κ1) is 16.5. The van der Waals surface area contributed by atoms with Crippen LogP contribution in [-0.4, -0.2) is 26.7 Å². The number of rotatable bonds is 5. The Morgan fingerprint density at radius 2 is 1.61 bits per heavy atom. The van der Waals surface area contributed by atoms with Gasteiger partial charge in [0.05, 0.1) is 12.1 Å². The van der Waals surface area contributed by atoms with Gasteiger partial charge in [-0.05, 0) is 35.7 Å². The second-order valence-corrected chi connectivity index (χ2v) is 5.53. The van der Waals surface area contributed by atoms with Gasteiger partial charge in [0.2, 0.25) is 0 Å². The largest absolute Gasteiger partial charge is 0.478 e. The van der Waals surface area contributed by atoms with Gasteiger partial charge in [-0.1, -0.05) is 26.0 Å². The highest BCUT2D eigenvalue weighted by atomic mass is 16.4. The molecule has 0 saturated heterocycles. The summed E-state index contributed by atoms with van der Waals surface area (Å²) in [6.45, 7) is 4.02. The SMILES string of the molecule is CC(C)c1ccc(C(=O)O)c(=O)n1Cc1ccc(C(=O)O)cc1. The molecular formula is C17H17NO5. The Hall–Kier alpha value is -2.89. The van der Waals surface area contributed by atoms with E-state index in [1.807, 2.05) is 13.8 Å². The summed E-state index contributed by atoms with van der Waals surface area (Å²) in [6.07, 6.45) is 0. The van der Waals surface area contributed by atoms with Gasteiger partial charge in [0.25, 0.3) is 5.56 Å². The van der Waals surface area contributed by atoms with Crippen LogP contribution in [0.2, 0.25) is 0 Å². The molecule has 0 fully saturated rings. The van der Waals surface area contributed by atoms with E-state index < -0.39 is 17.5 Å². The van der Waals surface area contributed by atoms with Crippen LogP contribution in [-0.2, 0) is 6.54 Å². The lowest BCUT2D eigenvalue weighted by atomic mass is 10.1. The fourth-order valence-corrected chi connectivity index (χ4v) is 2.36. The maximum Gasteiger partial charge on any atom is 0.341 e. The lowest BCUT2D eigenvalue weighted by molar-refractivity contribution is 0.0684. The summed E-state index contributed by atoms with van der Waals surface area (Å²) in [4.78, 5) is 34.4. The Morgan fingerprint density at radius 3 is 2.09 bits per heavy atom. The number of carbonyl (C=O) groups is 2. The predicted molar refractivity (Wildman–Crippen MR) is 84.3 cm³/mol. The Kier molecular flexibility index (Phi) is 4.64. The summed E-state index contributed by atoms with van der Waals surface area (Å²) in [5.41, 5.74) is 0.760. The van der Waals surface area contributed by atoms with Crippen molar-refractivity contribution in [1.29, 1.82) is 0 Å². The molecule has 0 atom stereocenters. The maximum absolute atomic E-state index is 12.4. The maximum atomic E-state index is 12.4. The van der Waals surface area contributed by atoms with Crippen molar-refractivity contribution in [2.75, 3.05) is 0 Å². The third kappa shape index (κ3) is 3.48. The minimum absolute atomic E-state index is 0.0452. The average molecular weight is 315 g/mol. The van der Waals surface area contributed by atoms with E-state index in [0.717, 1.165) is 11.3 Å². The molecule has 120 valence electrons. The van der Waals surface area contributed by atoms with Crippen LogP contribution in [0, 0.1) is 0 Å². The van der Waals surface area contributed by atoms with E-state index in [4.69, 9.17) is 10.2 Å². The lowest BCUT2D eigenvalue weighted by Gasteiger charge is -2.16. The van der Waals surface area contributed by atoms with Crippen LogP contribution < -0.4 is 5.56 Å². The molecular weight excluding hydrogens is 298 g/mol. The molecule has 0 bridgehead atoms. The number of carboxylic acids is 2. The van der Waals surface area contributed by atoms with Gasteiger partial charge < -0.3 is 14.8 Å². The molecule has 1 heterocycles. The zero-order valence-corrected chi connectivity index (χ0v) is 12.8. The second-order valence-electron chi connectivity index (χ2n) is 5.53. The van der Waals surface area contributed by atoms with Gasteiger partial charge in [-0.15, -0.1) is 0 Å². The third-order valence-electron chi connectivity index (χ3n) is 3.57. The van der Waals surface area contributed by atoms with Crippen LogP contribution in [0.1, 0.15) is 51.7 Å². The number of carboxylic acid groups (broad SMARTS) is 2. The van der Waals surface area contributed by atoms with Crippen molar-refractivity contribution in [3.05, 3.63) is 69.1 Å². The molecule has 0 aliphatic heterocycles. The number of benzene rings is 1. The second kappa shape index (κ2) is 6.48. The first-order valence-corrected chi connectivity index (χ1v) is 7.10. The van der Waals surface area contributed by atoms with Crippen molar-refractivity contribution >= 4 is 11.9 Å². The van der Waals surface area contributed by atoms with Crippen LogP contribution in [0.25, 0.3) is 0 Å². The quantitative estimate of drug-likeness (QED) is 0.883. The van der Waals surface area contributed by atoms with Crippen LogP contribution in [0.5, 0.6) is 0 Å². The van der Waals surface area contributed by atoms with Crippen LogP contribution >= 0.6 is 0 Å². The minimum atomic E-state index is -1.26. The first-order valence-electron chi connectivity index (χ1n) is 7.10. The summed E-state index contributed by atoms with van der Waals surface area (Å²) in [5.74, 6) is -2.24. The molecule has 0 unspecified atom stereocenters. The van der Waals surface area contributed by atoms with Gasteiger partial charge in [0.15, 0.2) is 0 Å². The Balaban J connectivity index is 2.48. The molecule has 2 rings (SSSR count). The molecule has 6 heteroatoms. The molecule has 0 radical (unpaired) electrons. The number of pyridine rings is 1. The van der Waals surface area contributed by atoms with Crippen molar-refractivity contribution < 1.29 is 19.8 Å². The van der Waals surface area contributed by atoms with Crippen molar-refractivity contribution in [3.8, 4) is 0 Å². The van der Waals surface area contributed by atoms with Crippen molar-refractivity contribution in [1.82, 2.24) is 4.57 Å². The molecule has 1 aromatic heterocycles. The summed E-state index contributed by atoms with van der Waals surface area (Å²) in [6, 6.07) is 9.11. The van der Waals surface area contributed by atoms with E-state index in [1.54, 1.807) is 18.2 Å². The molecule has 0 aliphatic carbocycles. The number of aromatic nitrogens is 1. The van der Waals surface area contributed by atoms with Gasteiger partial charge in [0, 0.05) is 5.69 Å². The summed E-state index contributed by atoms with van der Waals surface area (Å²) < 4.78 is 1.42. The van der Waals surface area contributed by atoms with Crippen LogP contribution in [0.15, 0.2) is 41.2 Å². The smallest absolute Gasteiger partial charge is 0.341 e. The Labute approximate surface area is 132 Å². The summed E-state index contributed by atoms with van der Waals surface area (Å²) >= 11 is 0. The highest BCUT2D eigenvalue weighted by Crippen LogP contribution is 2.15. The monoisotopic (exact) mass is 315 g/mol. The Bertz CT molecular complexity index is 803. The topological polar surface area (TPSA) is 96.6 Å². The van der Waals surface area contributed by atoms with Gasteiger partial charge in [-0.3, -0.25) is 4.79 Å². The number of nitrogens with zero attached hydrogens (tertiary/aromatic N) is 1. The Morgan fingerprint density at radius 1 is 1.00 bits per heavy atom. The average Bonchev–Trinajstić information content (AvgIpc) is 2.49. The molecule has 0 aliphatic rings. The van der Waals surface area contributed by atoms with Crippen LogP contribution in [0.3, 0.4) is 0 Å². The molecule has 0 spiro atoms. The molecule has 1 aromatic carbocycles. The van der Waals surface area contributed by atoms with Crippen molar-refractivity contribution in [3.63, 3.8) is 0 Å². The van der Waals surface area contributed by atoms with Crippen LogP contribution in [0.4, 0.5) is 0 Å². The van der Waals surface area contributed by atoms with Gasteiger partial charge in [-0.2, -0.15) is 0 Å². The van der Waals surface area contributed by atoms with Gasteiger partial charge in [-0.25, -0.2) is 9.59 Å². The minimum Gasteiger partial charge on any atom is -0.478 e. The number of hydrogen-bond donors (Lipinski definition) is 2. The fraction of sp³-hybridized carbons (Fsp3) is 0.235. The summed E-state index contributed by atoms with van der Waals surface area (Å²) in [7, 11) is 0. The van der Waals surface area contributed by atoms with E-state index in [2.05, 4.69) is 0 Å². The van der Waals surface area contributed by atoms with E-state index in [1.165, 1.54) is 22.8 Å². The van der Waals surface area contributed by atoms with Gasteiger partial charge >= 0.3 is 11.9 Å². The normalized spacial score (nSPS) is 10.7. The molecule has 0 amide bonds. The molecule has 2 aromatic rings. The molecule has 2 N–H and O–H groups in total. The molecule has 23 heavy (non-hydrogen) atoms. The highest BCUT2D eigenvalue weighted by Gasteiger charge is 2.16. The van der Waals surface area contributed by atoms with Gasteiger partial charge in [0.1, 0.15) is 5.56 Å². The molecule has 0 saturated carbocycles. The number of hydrogen-bond acceptors (Lipinski definition) is 3. The summed E-state index contributed by atoms with van der Waals surface area (Å²) in [5, 5.41) is 18.0. The molecule has 6 nitrogen and oxygen atoms in total. The third-order valence-corrected chi connectivity index (χ3v) is 3.57. The highest BCUT2D eigenvalue weighted by molar-refractivity contribution is 5.87. The lowest BCUT2D eigenvalue weighted by Crippen LogP contribution is -2.29. The predicted octanol–water partition coefficient (Wildman–Crippen LogP) is 2.42. The van der Waals surface area contributed by atoms with E-state index in [9.17, 15) is 14.4 Å². The van der Waals surface area contributed by atoms with Crippen molar-refractivity contribution in [2.24, 2.45) is 0 Å². The zero-order valence-electron chi connectivity index (χ0n) is 12.8. The van der Waals surface area contributed by atoms with Crippen molar-refractivity contribution in [2.45, 2.75) is 26.3 Å². The van der Waals surface area contributed by atoms with E-state index in [0.29, 0.717) is 0 Å². The number of aromatic carboxylic acids is 2. The zero-order chi connectivity index (χ0) is 17.1.